The van der Waals surface area contributed by atoms with Gasteiger partial charge in [-0.05, 0) is 42.9 Å². The number of ether oxygens (including phenoxy) is 1. The summed E-state index contributed by atoms with van der Waals surface area (Å²) in [6, 6.07) is 10.1. The molecule has 0 aromatic heterocycles. The van der Waals surface area contributed by atoms with Crippen LogP contribution < -0.4 is 0 Å². The van der Waals surface area contributed by atoms with Crippen molar-refractivity contribution in [2.45, 2.75) is 45.6 Å². The Morgan fingerprint density at radius 3 is 2.56 bits per heavy atom. The van der Waals surface area contributed by atoms with Crippen molar-refractivity contribution in [2.24, 2.45) is 11.3 Å². The molecule has 4 nitrogen and oxygen atoms in total. The SMILES string of the molecule is CCOC(=O)CN1CC(CC(C)(C)C)C(C#N)(c2ccc(Cl)cc2F)C1c1cccc(Cl)c1F. The molecule has 34 heavy (non-hydrogen) atoms. The van der Waals surface area contributed by atoms with Crippen LogP contribution in [-0.4, -0.2) is 30.6 Å². The van der Waals surface area contributed by atoms with Crippen molar-refractivity contribution in [2.75, 3.05) is 19.7 Å². The zero-order chi connectivity index (χ0) is 25.3. The highest BCUT2D eigenvalue weighted by molar-refractivity contribution is 6.31. The van der Waals surface area contributed by atoms with Crippen LogP contribution in [0.25, 0.3) is 0 Å². The van der Waals surface area contributed by atoms with Gasteiger partial charge in [-0.1, -0.05) is 62.2 Å². The summed E-state index contributed by atoms with van der Waals surface area (Å²) in [7, 11) is 0. The van der Waals surface area contributed by atoms with E-state index in [2.05, 4.69) is 6.07 Å². The molecule has 1 aliphatic heterocycles. The standard InChI is InChI=1S/C26H28Cl2F2N2O2/c1-5-34-22(33)14-32-13-16(12-25(2,3)4)26(15-31,19-10-9-17(27)11-21(19)29)24(32)18-7-6-8-20(28)23(18)30/h6-11,16,24H,5,12-14H2,1-4H3. The lowest BCUT2D eigenvalue weighted by Crippen LogP contribution is -2.41. The largest absolute Gasteiger partial charge is 0.465 e. The fourth-order valence-electron chi connectivity index (χ4n) is 5.12. The number of nitrogens with zero attached hydrogens (tertiary/aromatic N) is 2. The van der Waals surface area contributed by atoms with Crippen LogP contribution in [0.4, 0.5) is 8.78 Å². The fraction of sp³-hybridized carbons (Fsp3) is 0.462. The molecule has 2 aromatic rings. The van der Waals surface area contributed by atoms with E-state index in [1.165, 1.54) is 24.3 Å². The summed E-state index contributed by atoms with van der Waals surface area (Å²) in [4.78, 5) is 14.2. The van der Waals surface area contributed by atoms with E-state index in [4.69, 9.17) is 27.9 Å². The summed E-state index contributed by atoms with van der Waals surface area (Å²) in [6.07, 6.45) is 0.528. The third kappa shape index (κ3) is 5.07. The third-order valence-electron chi connectivity index (χ3n) is 6.23. The zero-order valence-corrected chi connectivity index (χ0v) is 21.2. The number of esters is 1. The van der Waals surface area contributed by atoms with E-state index in [9.17, 15) is 10.1 Å². The van der Waals surface area contributed by atoms with Crippen LogP contribution in [0.3, 0.4) is 0 Å². The highest BCUT2D eigenvalue weighted by Crippen LogP contribution is 2.56. The molecule has 3 rings (SSSR count). The fourth-order valence-corrected chi connectivity index (χ4v) is 5.46. The summed E-state index contributed by atoms with van der Waals surface area (Å²) in [5, 5.41) is 10.8. The van der Waals surface area contributed by atoms with Crippen molar-refractivity contribution >= 4 is 29.2 Å². The van der Waals surface area contributed by atoms with Crippen molar-refractivity contribution in [3.05, 3.63) is 69.2 Å². The smallest absolute Gasteiger partial charge is 0.320 e. The molecular weight excluding hydrogens is 481 g/mol. The van der Waals surface area contributed by atoms with E-state index in [-0.39, 0.29) is 46.3 Å². The Hall–Kier alpha value is -2.20. The van der Waals surface area contributed by atoms with Gasteiger partial charge in [0.1, 0.15) is 17.0 Å². The molecule has 0 bridgehead atoms. The van der Waals surface area contributed by atoms with Crippen molar-refractivity contribution in [1.29, 1.82) is 5.26 Å². The van der Waals surface area contributed by atoms with Crippen molar-refractivity contribution in [3.8, 4) is 6.07 Å². The first-order chi connectivity index (χ1) is 15.9. The van der Waals surface area contributed by atoms with Gasteiger partial charge in [-0.15, -0.1) is 0 Å². The normalized spacial score (nSPS) is 23.0. The van der Waals surface area contributed by atoms with Crippen LogP contribution in [0.1, 0.15) is 51.3 Å². The van der Waals surface area contributed by atoms with Gasteiger partial charge in [-0.3, -0.25) is 9.69 Å². The predicted molar refractivity (Wildman–Crippen MR) is 129 cm³/mol. The summed E-state index contributed by atoms with van der Waals surface area (Å²) in [5.74, 6) is -2.28. The number of halogens is 4. The predicted octanol–water partition coefficient (Wildman–Crippen LogP) is 6.71. The topological polar surface area (TPSA) is 53.3 Å². The van der Waals surface area contributed by atoms with Crippen molar-refractivity contribution < 1.29 is 18.3 Å². The molecule has 1 fully saturated rings. The molecule has 0 N–H and O–H groups in total. The highest BCUT2D eigenvalue weighted by Gasteiger charge is 2.59. The lowest BCUT2D eigenvalue weighted by Gasteiger charge is -2.38. The molecule has 2 aromatic carbocycles. The monoisotopic (exact) mass is 508 g/mol. The van der Waals surface area contributed by atoms with Gasteiger partial charge < -0.3 is 4.74 Å². The average molecular weight is 509 g/mol. The molecule has 8 heteroatoms. The minimum absolute atomic E-state index is 0.115. The lowest BCUT2D eigenvalue weighted by atomic mass is 9.63. The van der Waals surface area contributed by atoms with E-state index in [1.54, 1.807) is 17.9 Å². The quantitative estimate of drug-likeness (QED) is 0.407. The second kappa shape index (κ2) is 10.2. The first kappa shape index (κ1) is 26.4. The van der Waals surface area contributed by atoms with E-state index < -0.39 is 35.0 Å². The molecule has 182 valence electrons. The first-order valence-electron chi connectivity index (χ1n) is 11.1. The number of carbonyl (C=O) groups excluding carboxylic acids is 1. The number of benzene rings is 2. The van der Waals surface area contributed by atoms with E-state index in [1.807, 2.05) is 20.8 Å². The van der Waals surface area contributed by atoms with Crippen LogP contribution in [0.5, 0.6) is 0 Å². The van der Waals surface area contributed by atoms with Gasteiger partial charge >= 0.3 is 5.97 Å². The summed E-state index contributed by atoms with van der Waals surface area (Å²) in [5.41, 5.74) is -1.50. The van der Waals surface area contributed by atoms with Gasteiger partial charge in [0.05, 0.1) is 30.3 Å². The molecule has 3 atom stereocenters. The number of carbonyl (C=O) groups is 1. The Kier molecular flexibility index (Phi) is 7.92. The van der Waals surface area contributed by atoms with Gasteiger partial charge in [0, 0.05) is 22.7 Å². The molecule has 0 amide bonds. The van der Waals surface area contributed by atoms with Crippen LogP contribution in [0.2, 0.25) is 10.0 Å². The molecule has 0 spiro atoms. The number of rotatable bonds is 6. The Balaban J connectivity index is 2.32. The molecular formula is C26H28Cl2F2N2O2. The van der Waals surface area contributed by atoms with Crippen molar-refractivity contribution in [3.63, 3.8) is 0 Å². The van der Waals surface area contributed by atoms with Gasteiger partial charge in [0.25, 0.3) is 0 Å². The van der Waals surface area contributed by atoms with Gasteiger partial charge in [-0.2, -0.15) is 5.26 Å². The van der Waals surface area contributed by atoms with Crippen LogP contribution in [0.15, 0.2) is 36.4 Å². The number of hydrogen-bond acceptors (Lipinski definition) is 4. The minimum atomic E-state index is -1.51. The highest BCUT2D eigenvalue weighted by atomic mass is 35.5. The average Bonchev–Trinajstić information content (AvgIpc) is 3.01. The molecule has 0 radical (unpaired) electrons. The Bertz CT molecular complexity index is 1110. The summed E-state index contributed by atoms with van der Waals surface area (Å²) in [6.45, 7) is 8.04. The number of nitriles is 1. The summed E-state index contributed by atoms with van der Waals surface area (Å²) < 4.78 is 36.0. The van der Waals surface area contributed by atoms with E-state index >= 15 is 8.78 Å². The third-order valence-corrected chi connectivity index (χ3v) is 6.76. The van der Waals surface area contributed by atoms with Crippen LogP contribution in [0, 0.1) is 34.3 Å². The maximum absolute atomic E-state index is 15.5. The van der Waals surface area contributed by atoms with E-state index in [0.29, 0.717) is 6.42 Å². The molecule has 1 aliphatic rings. The molecule has 1 heterocycles. The maximum atomic E-state index is 15.5. The first-order valence-corrected chi connectivity index (χ1v) is 11.9. The molecule has 3 unspecified atom stereocenters. The second-order valence-corrected chi connectivity index (χ2v) is 10.7. The maximum Gasteiger partial charge on any atom is 0.320 e. The lowest BCUT2D eigenvalue weighted by molar-refractivity contribution is -0.144. The van der Waals surface area contributed by atoms with Crippen LogP contribution >= 0.6 is 23.2 Å². The van der Waals surface area contributed by atoms with Crippen molar-refractivity contribution in [1.82, 2.24) is 4.90 Å². The minimum Gasteiger partial charge on any atom is -0.465 e. The Morgan fingerprint density at radius 1 is 1.26 bits per heavy atom. The Morgan fingerprint density at radius 2 is 1.97 bits per heavy atom. The van der Waals surface area contributed by atoms with Crippen LogP contribution in [-0.2, 0) is 14.9 Å². The Labute approximate surface area is 209 Å². The van der Waals surface area contributed by atoms with Gasteiger partial charge in [0.2, 0.25) is 0 Å². The summed E-state index contributed by atoms with van der Waals surface area (Å²) >= 11 is 12.1. The number of likely N-dealkylation sites (tertiary alicyclic amines) is 1. The van der Waals surface area contributed by atoms with Gasteiger partial charge in [0.15, 0.2) is 0 Å². The molecule has 0 saturated carbocycles. The van der Waals surface area contributed by atoms with E-state index in [0.717, 1.165) is 6.07 Å². The second-order valence-electron chi connectivity index (χ2n) is 9.85. The number of hydrogen-bond donors (Lipinski definition) is 0. The molecule has 1 saturated heterocycles. The molecule has 0 aliphatic carbocycles. The van der Waals surface area contributed by atoms with Gasteiger partial charge in [-0.25, -0.2) is 8.78 Å². The zero-order valence-electron chi connectivity index (χ0n) is 19.7.